The lowest BCUT2D eigenvalue weighted by Gasteiger charge is -2.18. The summed E-state index contributed by atoms with van der Waals surface area (Å²) in [5, 5.41) is 10.1. The molecule has 96 valence electrons. The lowest BCUT2D eigenvalue weighted by Crippen LogP contribution is -2.11. The van der Waals surface area contributed by atoms with Crippen molar-refractivity contribution in [2.45, 2.75) is 6.54 Å². The minimum absolute atomic E-state index is 0.0823. The van der Waals surface area contributed by atoms with Gasteiger partial charge in [-0.3, -0.25) is 0 Å². The Morgan fingerprint density at radius 1 is 1.06 bits per heavy atom. The van der Waals surface area contributed by atoms with Crippen molar-refractivity contribution in [3.63, 3.8) is 0 Å². The molecule has 17 heavy (non-hydrogen) atoms. The van der Waals surface area contributed by atoms with Gasteiger partial charge < -0.3 is 24.2 Å². The Morgan fingerprint density at radius 3 is 2.06 bits per heavy atom. The first-order chi connectivity index (χ1) is 8.04. The fourth-order valence-electron chi connectivity index (χ4n) is 1.65. The van der Waals surface area contributed by atoms with E-state index < -0.39 is 0 Å². The highest BCUT2D eigenvalue weighted by Gasteiger charge is 2.20. The van der Waals surface area contributed by atoms with Crippen molar-refractivity contribution in [1.29, 1.82) is 0 Å². The third kappa shape index (κ3) is 2.74. The molecule has 1 rings (SSSR count). The van der Waals surface area contributed by atoms with Crippen LogP contribution in [0.15, 0.2) is 6.07 Å². The molecule has 0 fully saturated rings. The highest BCUT2D eigenvalue weighted by Crippen LogP contribution is 2.46. The Morgan fingerprint density at radius 2 is 1.65 bits per heavy atom. The molecule has 0 aliphatic rings. The van der Waals surface area contributed by atoms with Gasteiger partial charge in [0.15, 0.2) is 11.5 Å². The van der Waals surface area contributed by atoms with Gasteiger partial charge >= 0.3 is 0 Å². The van der Waals surface area contributed by atoms with Crippen LogP contribution < -0.4 is 14.2 Å². The van der Waals surface area contributed by atoms with Gasteiger partial charge in [-0.2, -0.15) is 0 Å². The molecule has 5 nitrogen and oxygen atoms in total. The molecule has 0 aliphatic heterocycles. The van der Waals surface area contributed by atoms with Gasteiger partial charge in [0.2, 0.25) is 11.5 Å². The van der Waals surface area contributed by atoms with E-state index in [4.69, 9.17) is 14.2 Å². The standard InChI is InChI=1S/C12H19NO4/c1-13(2)7-8-6-9(15-3)11(16-4)12(17-5)10(8)14/h6,14H,7H2,1-5H3. The van der Waals surface area contributed by atoms with E-state index in [1.54, 1.807) is 13.2 Å². The van der Waals surface area contributed by atoms with Crippen LogP contribution in [-0.2, 0) is 6.54 Å². The molecule has 0 spiro atoms. The molecular weight excluding hydrogens is 222 g/mol. The number of methoxy groups -OCH3 is 3. The molecule has 0 atom stereocenters. The number of nitrogens with zero attached hydrogens (tertiary/aromatic N) is 1. The van der Waals surface area contributed by atoms with Crippen LogP contribution >= 0.6 is 0 Å². The summed E-state index contributed by atoms with van der Waals surface area (Å²) in [5.74, 6) is 1.32. The normalized spacial score (nSPS) is 10.5. The van der Waals surface area contributed by atoms with Crippen LogP contribution in [0.2, 0.25) is 0 Å². The van der Waals surface area contributed by atoms with E-state index in [-0.39, 0.29) is 5.75 Å². The molecule has 0 aromatic heterocycles. The maximum atomic E-state index is 10.1. The highest BCUT2D eigenvalue weighted by atomic mass is 16.5. The third-order valence-electron chi connectivity index (χ3n) is 2.37. The molecule has 0 saturated heterocycles. The van der Waals surface area contributed by atoms with E-state index in [1.807, 2.05) is 19.0 Å². The summed E-state index contributed by atoms with van der Waals surface area (Å²) < 4.78 is 15.6. The van der Waals surface area contributed by atoms with Gasteiger partial charge in [-0.05, 0) is 20.2 Å². The average Bonchev–Trinajstić information content (AvgIpc) is 2.30. The minimum atomic E-state index is 0.0823. The molecule has 0 bridgehead atoms. The largest absolute Gasteiger partial charge is 0.504 e. The van der Waals surface area contributed by atoms with Crippen molar-refractivity contribution in [1.82, 2.24) is 4.90 Å². The monoisotopic (exact) mass is 241 g/mol. The van der Waals surface area contributed by atoms with Crippen molar-refractivity contribution in [2.75, 3.05) is 35.4 Å². The van der Waals surface area contributed by atoms with E-state index in [9.17, 15) is 5.11 Å². The van der Waals surface area contributed by atoms with Gasteiger partial charge in [-0.1, -0.05) is 0 Å². The Labute approximate surface area is 102 Å². The van der Waals surface area contributed by atoms with Crippen molar-refractivity contribution in [3.8, 4) is 23.0 Å². The molecule has 0 heterocycles. The number of rotatable bonds is 5. The summed E-state index contributed by atoms with van der Waals surface area (Å²) >= 11 is 0. The van der Waals surface area contributed by atoms with Crippen molar-refractivity contribution in [2.24, 2.45) is 0 Å². The molecule has 0 unspecified atom stereocenters. The quantitative estimate of drug-likeness (QED) is 0.846. The van der Waals surface area contributed by atoms with Crippen LogP contribution in [-0.4, -0.2) is 45.4 Å². The van der Waals surface area contributed by atoms with Crippen molar-refractivity contribution < 1.29 is 19.3 Å². The molecule has 0 aliphatic carbocycles. The molecule has 5 heteroatoms. The first-order valence-corrected chi connectivity index (χ1v) is 5.20. The van der Waals surface area contributed by atoms with Gasteiger partial charge in [-0.25, -0.2) is 0 Å². The van der Waals surface area contributed by atoms with Crippen LogP contribution in [0.5, 0.6) is 23.0 Å². The zero-order chi connectivity index (χ0) is 13.0. The number of hydrogen-bond donors (Lipinski definition) is 1. The Bertz CT molecular complexity index is 391. The SMILES string of the molecule is COc1cc(CN(C)C)c(O)c(OC)c1OC. The number of hydrogen-bond acceptors (Lipinski definition) is 5. The number of ether oxygens (including phenoxy) is 3. The third-order valence-corrected chi connectivity index (χ3v) is 2.37. The van der Waals surface area contributed by atoms with Crippen LogP contribution in [0.4, 0.5) is 0 Å². The second-order valence-electron chi connectivity index (χ2n) is 3.89. The van der Waals surface area contributed by atoms with Gasteiger partial charge in [0.1, 0.15) is 0 Å². The minimum Gasteiger partial charge on any atom is -0.504 e. The zero-order valence-electron chi connectivity index (χ0n) is 10.9. The lowest BCUT2D eigenvalue weighted by molar-refractivity contribution is 0.304. The Balaban J connectivity index is 3.34. The summed E-state index contributed by atoms with van der Waals surface area (Å²) in [6, 6.07) is 1.75. The lowest BCUT2D eigenvalue weighted by atomic mass is 10.1. The number of aromatic hydroxyl groups is 1. The van der Waals surface area contributed by atoms with Crippen LogP contribution in [0, 0.1) is 0 Å². The van der Waals surface area contributed by atoms with Gasteiger partial charge in [0.25, 0.3) is 0 Å². The summed E-state index contributed by atoms with van der Waals surface area (Å²) in [6.07, 6.45) is 0. The average molecular weight is 241 g/mol. The maximum absolute atomic E-state index is 10.1. The Kier molecular flexibility index (Phi) is 4.45. The van der Waals surface area contributed by atoms with Gasteiger partial charge in [0.05, 0.1) is 21.3 Å². The maximum Gasteiger partial charge on any atom is 0.207 e. The van der Waals surface area contributed by atoms with E-state index >= 15 is 0 Å². The molecule has 0 amide bonds. The van der Waals surface area contributed by atoms with Crippen molar-refractivity contribution in [3.05, 3.63) is 11.6 Å². The first kappa shape index (κ1) is 13.4. The second-order valence-corrected chi connectivity index (χ2v) is 3.89. The fourth-order valence-corrected chi connectivity index (χ4v) is 1.65. The van der Waals surface area contributed by atoms with Gasteiger partial charge in [0, 0.05) is 12.1 Å². The summed E-state index contributed by atoms with van der Waals surface area (Å²) in [7, 11) is 8.38. The number of phenols is 1. The van der Waals surface area contributed by atoms with Gasteiger partial charge in [-0.15, -0.1) is 0 Å². The molecule has 1 aromatic carbocycles. The van der Waals surface area contributed by atoms with E-state index in [2.05, 4.69) is 0 Å². The van der Waals surface area contributed by atoms with E-state index in [1.165, 1.54) is 14.2 Å². The zero-order valence-corrected chi connectivity index (χ0v) is 10.9. The number of benzene rings is 1. The van der Waals surface area contributed by atoms with E-state index in [0.717, 1.165) is 5.56 Å². The highest BCUT2D eigenvalue weighted by molar-refractivity contribution is 5.62. The fraction of sp³-hybridized carbons (Fsp3) is 0.500. The summed E-state index contributed by atoms with van der Waals surface area (Å²) in [4.78, 5) is 1.94. The Hall–Kier alpha value is -1.62. The van der Waals surface area contributed by atoms with Crippen LogP contribution in [0.25, 0.3) is 0 Å². The smallest absolute Gasteiger partial charge is 0.207 e. The predicted octanol–water partition coefficient (Wildman–Crippen LogP) is 1.48. The predicted molar refractivity (Wildman–Crippen MR) is 65.2 cm³/mol. The first-order valence-electron chi connectivity index (χ1n) is 5.20. The molecule has 0 saturated carbocycles. The summed E-state index contributed by atoms with van der Waals surface area (Å²) in [6.45, 7) is 0.586. The second kappa shape index (κ2) is 5.63. The van der Waals surface area contributed by atoms with E-state index in [0.29, 0.717) is 23.8 Å². The molecule has 1 N–H and O–H groups in total. The molecule has 1 aromatic rings. The number of phenolic OH excluding ortho intramolecular Hbond substituents is 1. The van der Waals surface area contributed by atoms with Crippen LogP contribution in [0.3, 0.4) is 0 Å². The summed E-state index contributed by atoms with van der Waals surface area (Å²) in [5.41, 5.74) is 0.726. The van der Waals surface area contributed by atoms with Crippen LogP contribution in [0.1, 0.15) is 5.56 Å². The topological polar surface area (TPSA) is 51.2 Å². The molecular formula is C12H19NO4. The molecule has 0 radical (unpaired) electrons. The van der Waals surface area contributed by atoms with Crippen molar-refractivity contribution >= 4 is 0 Å².